The average molecular weight is 322 g/mol. The minimum atomic E-state index is -3.93. The van der Waals surface area contributed by atoms with Crippen molar-refractivity contribution in [2.75, 3.05) is 13.6 Å². The number of aliphatic hydroxyl groups excluding tert-OH is 1. The van der Waals surface area contributed by atoms with Crippen LogP contribution >= 0.6 is 11.6 Å². The lowest BCUT2D eigenvalue weighted by Crippen LogP contribution is -2.34. The smallest absolute Gasteiger partial charge is 0.245 e. The largest absolute Gasteiger partial charge is 0.392 e. The lowest BCUT2D eigenvalue weighted by Gasteiger charge is -2.29. The molecule has 0 saturated heterocycles. The molecule has 2 rings (SSSR count). The van der Waals surface area contributed by atoms with Crippen LogP contribution in [0.4, 0.5) is 4.39 Å². The first-order valence-corrected chi connectivity index (χ1v) is 8.23. The summed E-state index contributed by atoms with van der Waals surface area (Å²) in [5.74, 6) is -0.591. The maximum atomic E-state index is 14.1. The van der Waals surface area contributed by atoms with Crippen LogP contribution in [0.15, 0.2) is 17.0 Å². The van der Waals surface area contributed by atoms with Crippen LogP contribution in [-0.4, -0.2) is 31.4 Å². The second-order valence-corrected chi connectivity index (χ2v) is 7.57. The van der Waals surface area contributed by atoms with Gasteiger partial charge in [0.1, 0.15) is 10.7 Å². The normalized spacial score (nSPS) is 16.4. The van der Waals surface area contributed by atoms with Gasteiger partial charge in [-0.3, -0.25) is 0 Å². The summed E-state index contributed by atoms with van der Waals surface area (Å²) >= 11 is 5.79. The summed E-state index contributed by atoms with van der Waals surface area (Å²) in [6, 6.07) is 2.31. The van der Waals surface area contributed by atoms with Crippen LogP contribution in [0.3, 0.4) is 0 Å². The fraction of sp³-hybridized carbons (Fsp3) is 0.538. The third-order valence-electron chi connectivity index (χ3n) is 3.68. The van der Waals surface area contributed by atoms with Crippen molar-refractivity contribution in [1.29, 1.82) is 0 Å². The summed E-state index contributed by atoms with van der Waals surface area (Å²) < 4.78 is 40.1. The van der Waals surface area contributed by atoms with Crippen molar-refractivity contribution in [1.82, 2.24) is 4.31 Å². The first-order valence-electron chi connectivity index (χ1n) is 6.41. The van der Waals surface area contributed by atoms with Crippen molar-refractivity contribution in [2.45, 2.75) is 30.8 Å². The Labute approximate surface area is 123 Å². The molecule has 1 saturated carbocycles. The predicted molar refractivity (Wildman–Crippen MR) is 74.5 cm³/mol. The number of halogens is 2. The molecule has 1 aliphatic carbocycles. The van der Waals surface area contributed by atoms with E-state index in [1.54, 1.807) is 0 Å². The Hall–Kier alpha value is -0.690. The van der Waals surface area contributed by atoms with E-state index in [2.05, 4.69) is 0 Å². The highest BCUT2D eigenvalue weighted by Crippen LogP contribution is 2.30. The van der Waals surface area contributed by atoms with Crippen LogP contribution in [0.1, 0.15) is 24.8 Å². The summed E-state index contributed by atoms with van der Waals surface area (Å²) in [6.45, 7) is -0.218. The number of hydrogen-bond donors (Lipinski definition) is 1. The van der Waals surface area contributed by atoms with Gasteiger partial charge in [-0.15, -0.1) is 0 Å². The number of sulfonamides is 1. The van der Waals surface area contributed by atoms with Crippen molar-refractivity contribution in [2.24, 2.45) is 5.92 Å². The van der Waals surface area contributed by atoms with Crippen molar-refractivity contribution in [3.05, 3.63) is 28.5 Å². The Bertz CT molecular complexity index is 602. The highest BCUT2D eigenvalue weighted by molar-refractivity contribution is 7.89. The highest BCUT2D eigenvalue weighted by Gasteiger charge is 2.30. The zero-order chi connectivity index (χ0) is 14.9. The van der Waals surface area contributed by atoms with Crippen molar-refractivity contribution >= 4 is 21.6 Å². The summed E-state index contributed by atoms with van der Waals surface area (Å²) in [5, 5.41) is 9.15. The molecule has 0 bridgehead atoms. The molecule has 0 amide bonds. The van der Waals surface area contributed by atoms with E-state index in [1.165, 1.54) is 13.1 Å². The molecule has 1 N–H and O–H groups in total. The van der Waals surface area contributed by atoms with Crippen LogP contribution in [0.5, 0.6) is 0 Å². The van der Waals surface area contributed by atoms with E-state index in [9.17, 15) is 12.8 Å². The van der Waals surface area contributed by atoms with Crippen molar-refractivity contribution in [3.63, 3.8) is 0 Å². The molecule has 0 aromatic heterocycles. The minimum Gasteiger partial charge on any atom is -0.392 e. The van der Waals surface area contributed by atoms with Crippen LogP contribution < -0.4 is 0 Å². The van der Waals surface area contributed by atoms with E-state index in [4.69, 9.17) is 16.7 Å². The number of nitrogens with zero attached hydrogens (tertiary/aromatic N) is 1. The van der Waals surface area contributed by atoms with E-state index in [1.807, 2.05) is 0 Å². The zero-order valence-corrected chi connectivity index (χ0v) is 12.7. The second-order valence-electron chi connectivity index (χ2n) is 5.12. The average Bonchev–Trinajstić information content (AvgIpc) is 2.35. The molecule has 0 atom stereocenters. The molecule has 20 heavy (non-hydrogen) atoms. The molecular weight excluding hydrogens is 305 g/mol. The summed E-state index contributed by atoms with van der Waals surface area (Å²) in [7, 11) is -2.50. The van der Waals surface area contributed by atoms with E-state index in [-0.39, 0.29) is 10.6 Å². The first kappa shape index (κ1) is 15.7. The Kier molecular flexibility index (Phi) is 4.69. The van der Waals surface area contributed by atoms with Gasteiger partial charge in [-0.05, 0) is 30.9 Å². The highest BCUT2D eigenvalue weighted by atomic mass is 35.5. The molecule has 0 unspecified atom stereocenters. The fourth-order valence-electron chi connectivity index (χ4n) is 2.23. The zero-order valence-electron chi connectivity index (χ0n) is 11.1. The number of benzene rings is 1. The molecule has 7 heteroatoms. The van der Waals surface area contributed by atoms with E-state index in [0.29, 0.717) is 12.5 Å². The molecule has 1 fully saturated rings. The molecular formula is C13H17ClFNO3S. The topological polar surface area (TPSA) is 57.6 Å². The Morgan fingerprint density at radius 3 is 2.60 bits per heavy atom. The van der Waals surface area contributed by atoms with Crippen LogP contribution in [0.25, 0.3) is 0 Å². The van der Waals surface area contributed by atoms with E-state index >= 15 is 0 Å². The summed E-state index contributed by atoms with van der Waals surface area (Å²) in [6.07, 6.45) is 3.11. The predicted octanol–water partition coefficient (Wildman–Crippen LogP) is 2.39. The van der Waals surface area contributed by atoms with Gasteiger partial charge in [-0.2, -0.15) is 0 Å². The van der Waals surface area contributed by atoms with Gasteiger partial charge in [0.25, 0.3) is 0 Å². The molecule has 0 heterocycles. The van der Waals surface area contributed by atoms with Gasteiger partial charge in [-0.1, -0.05) is 18.0 Å². The second kappa shape index (κ2) is 5.97. The molecule has 0 aliphatic heterocycles. The molecule has 1 aliphatic rings. The minimum absolute atomic E-state index is 0.0890. The first-order chi connectivity index (χ1) is 9.36. The molecule has 0 spiro atoms. The Balaban J connectivity index is 2.35. The van der Waals surface area contributed by atoms with Crippen molar-refractivity contribution < 1.29 is 17.9 Å². The number of rotatable bonds is 5. The maximum absolute atomic E-state index is 14.1. The van der Waals surface area contributed by atoms with Gasteiger partial charge in [0.15, 0.2) is 0 Å². The number of hydrogen-bond acceptors (Lipinski definition) is 3. The van der Waals surface area contributed by atoms with Gasteiger partial charge in [0, 0.05) is 24.2 Å². The van der Waals surface area contributed by atoms with Gasteiger partial charge < -0.3 is 5.11 Å². The molecule has 4 nitrogen and oxygen atoms in total. The summed E-state index contributed by atoms with van der Waals surface area (Å²) in [5.41, 5.74) is -0.117. The summed E-state index contributed by atoms with van der Waals surface area (Å²) in [4.78, 5) is -0.476. The SMILES string of the molecule is CN(CC1CCC1)S(=O)(=O)c1cc(Cl)cc(CO)c1F. The third kappa shape index (κ3) is 2.98. The lowest BCUT2D eigenvalue weighted by molar-refractivity contribution is 0.262. The van der Waals surface area contributed by atoms with Crippen molar-refractivity contribution in [3.8, 4) is 0 Å². The van der Waals surface area contributed by atoms with E-state index < -0.39 is 27.3 Å². The molecule has 112 valence electrons. The number of aliphatic hydroxyl groups is 1. The van der Waals surface area contributed by atoms with Gasteiger partial charge >= 0.3 is 0 Å². The Morgan fingerprint density at radius 1 is 1.45 bits per heavy atom. The Morgan fingerprint density at radius 2 is 2.10 bits per heavy atom. The van der Waals surface area contributed by atoms with Gasteiger partial charge in [0.2, 0.25) is 10.0 Å². The van der Waals surface area contributed by atoms with Gasteiger partial charge in [-0.25, -0.2) is 17.1 Å². The monoisotopic (exact) mass is 321 g/mol. The standard InChI is InChI=1S/C13H17ClFNO3S/c1-16(7-9-3-2-4-9)20(18,19)12-6-11(14)5-10(8-17)13(12)15/h5-6,9,17H,2-4,7-8H2,1H3. The molecule has 0 radical (unpaired) electrons. The van der Waals surface area contributed by atoms with Crippen LogP contribution in [0.2, 0.25) is 5.02 Å². The van der Waals surface area contributed by atoms with Crippen LogP contribution in [0, 0.1) is 11.7 Å². The third-order valence-corrected chi connectivity index (χ3v) is 5.72. The maximum Gasteiger partial charge on any atom is 0.245 e. The molecule has 1 aromatic carbocycles. The molecule has 1 aromatic rings. The van der Waals surface area contributed by atoms with E-state index in [0.717, 1.165) is 29.6 Å². The van der Waals surface area contributed by atoms with Gasteiger partial charge in [0.05, 0.1) is 6.61 Å². The van der Waals surface area contributed by atoms with Crippen LogP contribution in [-0.2, 0) is 16.6 Å². The quantitative estimate of drug-likeness (QED) is 0.906. The lowest BCUT2D eigenvalue weighted by atomic mass is 9.86. The fourth-order valence-corrected chi connectivity index (χ4v) is 3.91.